The van der Waals surface area contributed by atoms with E-state index in [-0.39, 0.29) is 0 Å². The van der Waals surface area contributed by atoms with Crippen LogP contribution >= 0.6 is 22.6 Å². The molecule has 21 heavy (non-hydrogen) atoms. The molecule has 2 rings (SSSR count). The molecular weight excluding hydrogens is 381 g/mol. The number of nitrogens with zero attached hydrogens (tertiary/aromatic N) is 4. The number of aromatic nitrogens is 4. The molecule has 0 aliphatic rings. The summed E-state index contributed by atoms with van der Waals surface area (Å²) in [6, 6.07) is 0. The molecule has 0 saturated heterocycles. The third-order valence-corrected chi connectivity index (χ3v) is 4.13. The lowest BCUT2D eigenvalue weighted by atomic mass is 10.2. The van der Waals surface area contributed by atoms with Gasteiger partial charge in [0.15, 0.2) is 5.82 Å². The first-order chi connectivity index (χ1) is 10.1. The Bertz CT molecular complexity index is 626. The number of nitrogens with one attached hydrogen (secondary N) is 1. The fourth-order valence-corrected chi connectivity index (χ4v) is 2.61. The Morgan fingerprint density at radius 1 is 1.38 bits per heavy atom. The van der Waals surface area contributed by atoms with E-state index in [1.807, 2.05) is 20.2 Å². The SMILES string of the molecule is CCCNc1nc(-c2cn(C)nc2C)nc(COC)c1I. The maximum atomic E-state index is 5.25. The van der Waals surface area contributed by atoms with E-state index in [0.29, 0.717) is 12.4 Å². The second-order valence-electron chi connectivity index (χ2n) is 4.82. The molecule has 0 fully saturated rings. The van der Waals surface area contributed by atoms with Gasteiger partial charge in [0, 0.05) is 26.9 Å². The molecule has 0 unspecified atom stereocenters. The van der Waals surface area contributed by atoms with Gasteiger partial charge < -0.3 is 10.1 Å². The Hall–Kier alpha value is -1.22. The van der Waals surface area contributed by atoms with Crippen molar-refractivity contribution in [1.29, 1.82) is 0 Å². The number of methoxy groups -OCH3 is 1. The first-order valence-corrected chi connectivity index (χ1v) is 7.94. The summed E-state index contributed by atoms with van der Waals surface area (Å²) in [6.45, 7) is 5.44. The molecule has 0 aromatic carbocycles. The van der Waals surface area contributed by atoms with Gasteiger partial charge in [0.05, 0.1) is 27.1 Å². The van der Waals surface area contributed by atoms with Crippen LogP contribution in [0.1, 0.15) is 24.7 Å². The van der Waals surface area contributed by atoms with Gasteiger partial charge in [0.1, 0.15) is 5.82 Å². The zero-order valence-electron chi connectivity index (χ0n) is 12.8. The maximum Gasteiger partial charge on any atom is 0.165 e. The van der Waals surface area contributed by atoms with Crippen molar-refractivity contribution in [2.75, 3.05) is 19.0 Å². The smallest absolute Gasteiger partial charge is 0.165 e. The van der Waals surface area contributed by atoms with Gasteiger partial charge in [-0.15, -0.1) is 0 Å². The first-order valence-electron chi connectivity index (χ1n) is 6.86. The fraction of sp³-hybridized carbons (Fsp3) is 0.500. The molecule has 7 heteroatoms. The minimum absolute atomic E-state index is 0.466. The van der Waals surface area contributed by atoms with Crippen molar-refractivity contribution in [2.45, 2.75) is 26.9 Å². The predicted octanol–water partition coefficient (Wildman–Crippen LogP) is 2.76. The summed E-state index contributed by atoms with van der Waals surface area (Å²) in [6.07, 6.45) is 2.98. The van der Waals surface area contributed by atoms with Gasteiger partial charge in [-0.1, -0.05) is 6.92 Å². The predicted molar refractivity (Wildman–Crippen MR) is 91.2 cm³/mol. The van der Waals surface area contributed by atoms with E-state index in [1.165, 1.54) is 0 Å². The van der Waals surface area contributed by atoms with Crippen molar-refractivity contribution in [3.8, 4) is 11.4 Å². The Kier molecular flexibility index (Phi) is 5.51. The number of hydrogen-bond donors (Lipinski definition) is 1. The lowest BCUT2D eigenvalue weighted by molar-refractivity contribution is 0.181. The zero-order chi connectivity index (χ0) is 15.4. The molecule has 0 spiro atoms. The molecule has 0 aliphatic heterocycles. The number of ether oxygens (including phenoxy) is 1. The molecule has 0 amide bonds. The van der Waals surface area contributed by atoms with E-state index in [2.05, 4.69) is 49.9 Å². The number of aryl methyl sites for hydroxylation is 2. The van der Waals surface area contributed by atoms with Crippen LogP contribution in [0.4, 0.5) is 5.82 Å². The average molecular weight is 401 g/mol. The minimum atomic E-state index is 0.466. The molecule has 0 saturated carbocycles. The van der Waals surface area contributed by atoms with Crippen LogP contribution in [0, 0.1) is 10.5 Å². The van der Waals surface area contributed by atoms with E-state index in [1.54, 1.807) is 11.8 Å². The largest absolute Gasteiger partial charge is 0.378 e. The van der Waals surface area contributed by atoms with Gasteiger partial charge in [0.2, 0.25) is 0 Å². The third-order valence-electron chi connectivity index (χ3n) is 3.00. The number of rotatable bonds is 6. The van der Waals surface area contributed by atoms with Gasteiger partial charge in [-0.25, -0.2) is 9.97 Å². The monoisotopic (exact) mass is 401 g/mol. The molecule has 1 N–H and O–H groups in total. The van der Waals surface area contributed by atoms with E-state index in [4.69, 9.17) is 4.74 Å². The molecule has 0 bridgehead atoms. The van der Waals surface area contributed by atoms with Crippen molar-refractivity contribution >= 4 is 28.4 Å². The van der Waals surface area contributed by atoms with E-state index in [9.17, 15) is 0 Å². The summed E-state index contributed by atoms with van der Waals surface area (Å²) in [5.41, 5.74) is 2.76. The highest BCUT2D eigenvalue weighted by atomic mass is 127. The molecular formula is C14H20IN5O. The summed E-state index contributed by atoms with van der Waals surface area (Å²) in [7, 11) is 3.57. The highest BCUT2D eigenvalue weighted by Gasteiger charge is 2.16. The molecule has 2 aromatic heterocycles. The van der Waals surface area contributed by atoms with Crippen LogP contribution in [0.2, 0.25) is 0 Å². The lowest BCUT2D eigenvalue weighted by Gasteiger charge is -2.12. The van der Waals surface area contributed by atoms with Gasteiger partial charge in [-0.2, -0.15) is 5.10 Å². The van der Waals surface area contributed by atoms with Crippen LogP contribution in [0.5, 0.6) is 0 Å². The summed E-state index contributed by atoms with van der Waals surface area (Å²) >= 11 is 2.27. The lowest BCUT2D eigenvalue weighted by Crippen LogP contribution is -2.09. The van der Waals surface area contributed by atoms with Crippen molar-refractivity contribution in [3.63, 3.8) is 0 Å². The van der Waals surface area contributed by atoms with Crippen LogP contribution < -0.4 is 5.32 Å². The van der Waals surface area contributed by atoms with E-state index >= 15 is 0 Å². The molecule has 0 atom stereocenters. The van der Waals surface area contributed by atoms with Crippen molar-refractivity contribution in [2.24, 2.45) is 7.05 Å². The molecule has 0 radical (unpaired) electrons. The van der Waals surface area contributed by atoms with Crippen molar-refractivity contribution in [3.05, 3.63) is 21.2 Å². The summed E-state index contributed by atoms with van der Waals surface area (Å²) in [4.78, 5) is 9.30. The Morgan fingerprint density at radius 2 is 2.14 bits per heavy atom. The molecule has 6 nitrogen and oxygen atoms in total. The summed E-state index contributed by atoms with van der Waals surface area (Å²) in [5, 5.41) is 7.72. The van der Waals surface area contributed by atoms with Crippen LogP contribution in [0.3, 0.4) is 0 Å². The van der Waals surface area contributed by atoms with E-state index < -0.39 is 0 Å². The number of anilines is 1. The second-order valence-corrected chi connectivity index (χ2v) is 5.90. The standard InChI is InChI=1S/C14H20IN5O/c1-5-6-16-14-12(15)11(8-21-4)17-13(18-14)10-7-20(3)19-9(10)2/h7H,5-6,8H2,1-4H3,(H,16,17,18). The van der Waals surface area contributed by atoms with Crippen molar-refractivity contribution < 1.29 is 4.74 Å². The maximum absolute atomic E-state index is 5.25. The third kappa shape index (κ3) is 3.70. The van der Waals surface area contributed by atoms with Crippen LogP contribution in [-0.2, 0) is 18.4 Å². The summed E-state index contributed by atoms with van der Waals surface area (Å²) < 4.78 is 8.04. The van der Waals surface area contributed by atoms with E-state index in [0.717, 1.165) is 39.3 Å². The molecule has 2 aromatic rings. The second kappa shape index (κ2) is 7.17. The normalized spacial score (nSPS) is 10.9. The Morgan fingerprint density at radius 3 is 2.71 bits per heavy atom. The van der Waals surface area contributed by atoms with Crippen LogP contribution in [-0.4, -0.2) is 33.4 Å². The average Bonchev–Trinajstić information content (AvgIpc) is 2.79. The highest BCUT2D eigenvalue weighted by molar-refractivity contribution is 14.1. The molecule has 114 valence electrons. The van der Waals surface area contributed by atoms with Gasteiger partial charge in [-0.05, 0) is 35.9 Å². The summed E-state index contributed by atoms with van der Waals surface area (Å²) in [5.74, 6) is 1.55. The minimum Gasteiger partial charge on any atom is -0.378 e. The van der Waals surface area contributed by atoms with Gasteiger partial charge in [0.25, 0.3) is 0 Å². The fourth-order valence-electron chi connectivity index (χ4n) is 2.03. The van der Waals surface area contributed by atoms with Crippen LogP contribution in [0.25, 0.3) is 11.4 Å². The molecule has 0 aliphatic carbocycles. The van der Waals surface area contributed by atoms with Gasteiger partial charge in [-0.3, -0.25) is 4.68 Å². The number of halogens is 1. The topological polar surface area (TPSA) is 64.9 Å². The first kappa shape index (κ1) is 16.2. The van der Waals surface area contributed by atoms with Crippen LogP contribution in [0.15, 0.2) is 6.20 Å². The molecule has 2 heterocycles. The zero-order valence-corrected chi connectivity index (χ0v) is 14.9. The number of hydrogen-bond acceptors (Lipinski definition) is 5. The van der Waals surface area contributed by atoms with Gasteiger partial charge >= 0.3 is 0 Å². The van der Waals surface area contributed by atoms with Crippen molar-refractivity contribution in [1.82, 2.24) is 19.7 Å². The highest BCUT2D eigenvalue weighted by Crippen LogP contribution is 2.26. The quantitative estimate of drug-likeness (QED) is 0.755. The Labute approximate surface area is 138 Å². The Balaban J connectivity index is 2.50.